The van der Waals surface area contributed by atoms with Crippen LogP contribution in [-0.4, -0.2) is 55.1 Å². The van der Waals surface area contributed by atoms with Crippen molar-refractivity contribution in [1.29, 1.82) is 0 Å². The molecule has 2 atom stereocenters. The molecule has 0 saturated carbocycles. The van der Waals surface area contributed by atoms with Crippen molar-refractivity contribution in [3.8, 4) is 11.5 Å². The molecule has 0 saturated heterocycles. The van der Waals surface area contributed by atoms with Gasteiger partial charge in [-0.15, -0.1) is 0 Å². The van der Waals surface area contributed by atoms with Gasteiger partial charge in [0.25, 0.3) is 0 Å². The molecule has 152 valence electrons. The van der Waals surface area contributed by atoms with Crippen molar-refractivity contribution < 1.29 is 44.7 Å². The van der Waals surface area contributed by atoms with Crippen LogP contribution in [0.1, 0.15) is 11.1 Å². The van der Waals surface area contributed by atoms with Gasteiger partial charge >= 0.3 is 17.9 Å². The average Bonchev–Trinajstić information content (AvgIpc) is 2.67. The van der Waals surface area contributed by atoms with Crippen molar-refractivity contribution in [1.82, 2.24) is 0 Å². The first kappa shape index (κ1) is 21.5. The van der Waals surface area contributed by atoms with Gasteiger partial charge in [-0.05, 0) is 41.5 Å². The van der Waals surface area contributed by atoms with Crippen LogP contribution in [0.25, 0.3) is 6.08 Å². The number of aliphatic hydroxyl groups is 1. The predicted octanol–water partition coefficient (Wildman–Crippen LogP) is 1.17. The molecule has 0 unspecified atom stereocenters. The van der Waals surface area contributed by atoms with Crippen LogP contribution in [-0.2, 0) is 25.5 Å². The van der Waals surface area contributed by atoms with Gasteiger partial charge in [0.1, 0.15) is 11.5 Å². The highest BCUT2D eigenvalue weighted by Crippen LogP contribution is 2.23. The molecule has 5 N–H and O–H groups in total. The van der Waals surface area contributed by atoms with Crippen molar-refractivity contribution >= 4 is 24.0 Å². The van der Waals surface area contributed by atoms with Gasteiger partial charge in [-0.2, -0.15) is 0 Å². The summed E-state index contributed by atoms with van der Waals surface area (Å²) in [6.07, 6.45) is -0.953. The normalized spacial score (nSPS) is 14.1. The molecule has 0 bridgehead atoms. The molecule has 0 heterocycles. The number of hydrogen-bond donors (Lipinski definition) is 5. The van der Waals surface area contributed by atoms with Crippen LogP contribution in [0.2, 0.25) is 0 Å². The first-order valence-corrected chi connectivity index (χ1v) is 8.26. The summed E-state index contributed by atoms with van der Waals surface area (Å²) in [5.74, 6) is -5.02. The van der Waals surface area contributed by atoms with Gasteiger partial charge < -0.3 is 30.3 Å². The molecule has 0 aliphatic carbocycles. The number of carboxylic acid groups (broad SMARTS) is 2. The lowest BCUT2D eigenvalue weighted by atomic mass is 9.88. The van der Waals surface area contributed by atoms with E-state index in [1.807, 2.05) is 0 Å². The first-order valence-electron chi connectivity index (χ1n) is 8.26. The van der Waals surface area contributed by atoms with E-state index in [0.717, 1.165) is 6.08 Å². The van der Waals surface area contributed by atoms with Crippen molar-refractivity contribution in [2.75, 3.05) is 0 Å². The molecule has 0 aliphatic heterocycles. The summed E-state index contributed by atoms with van der Waals surface area (Å²) in [6.45, 7) is 0. The maximum Gasteiger partial charge on any atom is 0.348 e. The number of phenols is 2. The molecule has 0 amide bonds. The summed E-state index contributed by atoms with van der Waals surface area (Å²) >= 11 is 0. The number of benzene rings is 2. The Morgan fingerprint density at radius 3 is 1.93 bits per heavy atom. The van der Waals surface area contributed by atoms with E-state index in [-0.39, 0.29) is 17.1 Å². The fourth-order valence-corrected chi connectivity index (χ4v) is 2.46. The monoisotopic (exact) mass is 402 g/mol. The summed E-state index contributed by atoms with van der Waals surface area (Å²) in [7, 11) is 0. The Bertz CT molecular complexity index is 916. The molecule has 29 heavy (non-hydrogen) atoms. The number of rotatable bonds is 8. The second-order valence-electron chi connectivity index (χ2n) is 6.15. The summed E-state index contributed by atoms with van der Waals surface area (Å²) < 4.78 is 4.72. The highest BCUT2D eigenvalue weighted by Gasteiger charge is 2.51. The molecule has 0 spiro atoms. The van der Waals surface area contributed by atoms with E-state index in [9.17, 15) is 39.9 Å². The minimum Gasteiger partial charge on any atom is -0.508 e. The fourth-order valence-electron chi connectivity index (χ4n) is 2.46. The number of carboxylic acids is 2. The summed E-state index contributed by atoms with van der Waals surface area (Å²) in [4.78, 5) is 35.2. The number of aromatic hydroxyl groups is 2. The Hall–Kier alpha value is -3.85. The molecule has 2 rings (SSSR count). The van der Waals surface area contributed by atoms with Gasteiger partial charge in [0.05, 0.1) is 0 Å². The number of hydrogen-bond acceptors (Lipinski definition) is 7. The van der Waals surface area contributed by atoms with Gasteiger partial charge in [-0.3, -0.25) is 0 Å². The standard InChI is InChI=1S/C20H18O9/c21-14-6-1-12(2-7-14)5-10-16(23)29-17(18(24)25)20(28,19(26)27)11-13-3-8-15(22)9-4-13/h1-10,17,21-22,28H,11H2,(H,24,25)(H,26,27)/b10-5+/t17-,20-/m1/s1. The second kappa shape index (κ2) is 8.89. The minimum atomic E-state index is -2.95. The Labute approximate surface area is 164 Å². The Kier molecular flexibility index (Phi) is 6.58. The zero-order valence-corrected chi connectivity index (χ0v) is 14.9. The first-order chi connectivity index (χ1) is 13.6. The van der Waals surface area contributed by atoms with Crippen LogP contribution in [0.4, 0.5) is 0 Å². The van der Waals surface area contributed by atoms with Crippen LogP contribution in [0.3, 0.4) is 0 Å². The highest BCUT2D eigenvalue weighted by molar-refractivity contribution is 5.92. The number of carbonyl (C=O) groups is 3. The van der Waals surface area contributed by atoms with E-state index in [1.54, 1.807) is 0 Å². The molecular formula is C20H18O9. The van der Waals surface area contributed by atoms with Crippen molar-refractivity contribution in [2.24, 2.45) is 0 Å². The largest absolute Gasteiger partial charge is 0.508 e. The molecule has 0 aliphatic rings. The van der Waals surface area contributed by atoms with E-state index in [2.05, 4.69) is 0 Å². The third-order valence-corrected chi connectivity index (χ3v) is 3.98. The predicted molar refractivity (Wildman–Crippen MR) is 99.1 cm³/mol. The molecular weight excluding hydrogens is 384 g/mol. The number of aliphatic carboxylic acids is 2. The van der Waals surface area contributed by atoms with Gasteiger partial charge in [-0.25, -0.2) is 14.4 Å². The Morgan fingerprint density at radius 1 is 0.931 bits per heavy atom. The van der Waals surface area contributed by atoms with Gasteiger partial charge in [0.15, 0.2) is 0 Å². The van der Waals surface area contributed by atoms with Gasteiger partial charge in [0, 0.05) is 12.5 Å². The zero-order valence-electron chi connectivity index (χ0n) is 14.9. The molecule has 0 fully saturated rings. The van der Waals surface area contributed by atoms with Crippen LogP contribution in [0.15, 0.2) is 54.6 Å². The molecule has 9 heteroatoms. The van der Waals surface area contributed by atoms with Crippen LogP contribution < -0.4 is 0 Å². The number of ether oxygens (including phenoxy) is 1. The summed E-state index contributed by atoms with van der Waals surface area (Å²) in [5, 5.41) is 47.8. The second-order valence-corrected chi connectivity index (χ2v) is 6.15. The third kappa shape index (κ3) is 5.56. The van der Waals surface area contributed by atoms with E-state index in [0.29, 0.717) is 5.56 Å². The lowest BCUT2D eigenvalue weighted by Gasteiger charge is -2.29. The maximum absolute atomic E-state index is 12.0. The quantitative estimate of drug-likeness (QED) is 0.322. The summed E-state index contributed by atoms with van der Waals surface area (Å²) in [6, 6.07) is 10.8. The van der Waals surface area contributed by atoms with Crippen LogP contribution in [0, 0.1) is 0 Å². The fraction of sp³-hybridized carbons (Fsp3) is 0.150. The van der Waals surface area contributed by atoms with Crippen molar-refractivity contribution in [3.63, 3.8) is 0 Å². The van der Waals surface area contributed by atoms with Crippen molar-refractivity contribution in [2.45, 2.75) is 18.1 Å². The molecule has 9 nitrogen and oxygen atoms in total. The Morgan fingerprint density at radius 2 is 1.45 bits per heavy atom. The van der Waals surface area contributed by atoms with Crippen LogP contribution in [0.5, 0.6) is 11.5 Å². The molecule has 2 aromatic carbocycles. The Balaban J connectivity index is 2.22. The SMILES string of the molecule is O=C(/C=C/c1ccc(O)cc1)O[C@H](C(=O)O)[C@](O)(Cc1ccc(O)cc1)C(=O)O. The van der Waals surface area contributed by atoms with Crippen molar-refractivity contribution in [3.05, 3.63) is 65.7 Å². The minimum absolute atomic E-state index is 0.0106. The molecule has 0 radical (unpaired) electrons. The number of carbonyl (C=O) groups excluding carboxylic acids is 1. The zero-order chi connectivity index (χ0) is 21.6. The number of esters is 1. The molecule has 0 aromatic heterocycles. The van der Waals surface area contributed by atoms with Crippen LogP contribution >= 0.6 is 0 Å². The third-order valence-electron chi connectivity index (χ3n) is 3.98. The summed E-state index contributed by atoms with van der Waals surface area (Å²) in [5.41, 5.74) is -2.26. The van der Waals surface area contributed by atoms with E-state index in [1.165, 1.54) is 54.6 Å². The van der Waals surface area contributed by atoms with E-state index in [4.69, 9.17) is 4.74 Å². The van der Waals surface area contributed by atoms with Gasteiger partial charge in [0.2, 0.25) is 11.7 Å². The number of phenolic OH excluding ortho intramolecular Hbond substituents is 2. The topological polar surface area (TPSA) is 162 Å². The lowest BCUT2D eigenvalue weighted by molar-refractivity contribution is -0.192. The smallest absolute Gasteiger partial charge is 0.348 e. The van der Waals surface area contributed by atoms with E-state index < -0.39 is 36.0 Å². The molecule has 2 aromatic rings. The lowest BCUT2D eigenvalue weighted by Crippen LogP contribution is -2.56. The van der Waals surface area contributed by atoms with Gasteiger partial charge in [-0.1, -0.05) is 24.3 Å². The van der Waals surface area contributed by atoms with E-state index >= 15 is 0 Å². The highest BCUT2D eigenvalue weighted by atomic mass is 16.6. The maximum atomic E-state index is 12.0. The average molecular weight is 402 g/mol.